The second kappa shape index (κ2) is 7.95. The van der Waals surface area contributed by atoms with Crippen molar-refractivity contribution in [2.45, 2.75) is 40.5 Å². The lowest BCUT2D eigenvalue weighted by molar-refractivity contribution is 1.09. The first-order valence-corrected chi connectivity index (χ1v) is 12.7. The van der Waals surface area contributed by atoms with Crippen LogP contribution in [0.5, 0.6) is 0 Å². The van der Waals surface area contributed by atoms with Crippen LogP contribution >= 0.6 is 15.9 Å². The van der Waals surface area contributed by atoms with Gasteiger partial charge in [0, 0.05) is 44.5 Å². The van der Waals surface area contributed by atoms with Crippen molar-refractivity contribution in [1.29, 1.82) is 0 Å². The third-order valence-electron chi connectivity index (χ3n) is 7.20. The maximum Gasteiger partial charge on any atom is 0.0793 e. The zero-order chi connectivity index (χ0) is 23.6. The standard InChI is InChI=1S/C31H27BrN2/c1-5-22-26-14-20-8-6-7-9-23(20)30(26)33-27(22)16-28-25-15-21(32)10-11-24(25)31(34-28)29-18(3)12-17(2)13-19(29)4/h6-13,15-16,33H,5,14H2,1-4H3/b28-16-. The van der Waals surface area contributed by atoms with E-state index in [1.165, 1.54) is 67.0 Å². The number of rotatable bonds is 3. The molecule has 2 nitrogen and oxygen atoms in total. The molecule has 3 aromatic carbocycles. The van der Waals surface area contributed by atoms with Gasteiger partial charge in [-0.1, -0.05) is 70.9 Å². The number of benzene rings is 3. The van der Waals surface area contributed by atoms with Crippen molar-refractivity contribution in [3.05, 3.63) is 115 Å². The summed E-state index contributed by atoms with van der Waals surface area (Å²) in [4.78, 5) is 9.02. The topological polar surface area (TPSA) is 28.1 Å². The quantitative estimate of drug-likeness (QED) is 0.255. The molecule has 0 fully saturated rings. The number of H-pyrrole nitrogens is 1. The predicted molar refractivity (Wildman–Crippen MR) is 147 cm³/mol. The van der Waals surface area contributed by atoms with Crippen LogP contribution in [0.4, 0.5) is 0 Å². The molecule has 1 aromatic heterocycles. The van der Waals surface area contributed by atoms with E-state index < -0.39 is 0 Å². The van der Waals surface area contributed by atoms with Crippen LogP contribution in [-0.2, 0) is 12.8 Å². The summed E-state index contributed by atoms with van der Waals surface area (Å²) in [5.41, 5.74) is 17.6. The van der Waals surface area contributed by atoms with Gasteiger partial charge in [0.25, 0.3) is 0 Å². The van der Waals surface area contributed by atoms with Crippen LogP contribution in [0.2, 0.25) is 0 Å². The Bertz CT molecular complexity index is 1520. The second-order valence-electron chi connectivity index (χ2n) is 9.51. The highest BCUT2D eigenvalue weighted by molar-refractivity contribution is 9.10. The minimum Gasteiger partial charge on any atom is -0.354 e. The fourth-order valence-corrected chi connectivity index (χ4v) is 6.19. The van der Waals surface area contributed by atoms with Crippen LogP contribution in [-0.4, -0.2) is 10.7 Å². The molecule has 2 aliphatic rings. The van der Waals surface area contributed by atoms with E-state index in [1.54, 1.807) is 0 Å². The van der Waals surface area contributed by atoms with Gasteiger partial charge in [-0.05, 0) is 73.2 Å². The Labute approximate surface area is 209 Å². The van der Waals surface area contributed by atoms with E-state index in [0.717, 1.165) is 28.7 Å². The Morgan fingerprint density at radius 2 is 1.71 bits per heavy atom. The normalized spacial score (nSPS) is 14.9. The molecule has 1 N–H and O–H groups in total. The Morgan fingerprint density at radius 3 is 2.47 bits per heavy atom. The van der Waals surface area contributed by atoms with E-state index in [0.29, 0.717) is 0 Å². The molecule has 0 saturated carbocycles. The Morgan fingerprint density at radius 1 is 0.941 bits per heavy atom. The predicted octanol–water partition coefficient (Wildman–Crippen LogP) is 8.19. The number of halogens is 1. The van der Waals surface area contributed by atoms with Gasteiger partial charge in [0.15, 0.2) is 0 Å². The summed E-state index contributed by atoms with van der Waals surface area (Å²) in [5, 5.41) is 0. The number of aliphatic imine (C=N–C) groups is 1. The molecule has 2 heterocycles. The van der Waals surface area contributed by atoms with Gasteiger partial charge in [0.2, 0.25) is 0 Å². The van der Waals surface area contributed by atoms with Gasteiger partial charge in [-0.3, -0.25) is 0 Å². The van der Waals surface area contributed by atoms with Crippen molar-refractivity contribution in [2.75, 3.05) is 0 Å². The first kappa shape index (κ1) is 21.4. The summed E-state index contributed by atoms with van der Waals surface area (Å²) >= 11 is 3.69. The molecule has 1 aliphatic carbocycles. The molecular formula is C31H27BrN2. The molecule has 0 bridgehead atoms. The van der Waals surface area contributed by atoms with E-state index in [4.69, 9.17) is 4.99 Å². The number of nitrogens with one attached hydrogen (secondary N) is 1. The molecule has 0 radical (unpaired) electrons. The van der Waals surface area contributed by atoms with Crippen LogP contribution in [0.3, 0.4) is 0 Å². The summed E-state index contributed by atoms with van der Waals surface area (Å²) in [6.45, 7) is 8.80. The highest BCUT2D eigenvalue weighted by Gasteiger charge is 2.27. The van der Waals surface area contributed by atoms with Crippen LogP contribution in [0.25, 0.3) is 23.0 Å². The number of aromatic nitrogens is 1. The molecule has 0 amide bonds. The minimum atomic E-state index is 0.997. The van der Waals surface area contributed by atoms with E-state index in [2.05, 4.69) is 109 Å². The van der Waals surface area contributed by atoms with E-state index in [1.807, 2.05) is 0 Å². The summed E-state index contributed by atoms with van der Waals surface area (Å²) in [6.07, 6.45) is 4.26. The summed E-state index contributed by atoms with van der Waals surface area (Å²) < 4.78 is 1.07. The number of aryl methyl sites for hydroxylation is 3. The largest absolute Gasteiger partial charge is 0.354 e. The monoisotopic (exact) mass is 506 g/mol. The van der Waals surface area contributed by atoms with Crippen molar-refractivity contribution in [3.63, 3.8) is 0 Å². The lowest BCUT2D eigenvalue weighted by atomic mass is 9.91. The average Bonchev–Trinajstić information content (AvgIpc) is 3.43. The molecule has 1 aliphatic heterocycles. The third-order valence-corrected chi connectivity index (χ3v) is 7.69. The zero-order valence-corrected chi connectivity index (χ0v) is 21.6. The van der Waals surface area contributed by atoms with Crippen molar-refractivity contribution >= 4 is 33.4 Å². The lowest BCUT2D eigenvalue weighted by Gasteiger charge is -2.12. The number of hydrogen-bond acceptors (Lipinski definition) is 1. The van der Waals surface area contributed by atoms with E-state index in [-0.39, 0.29) is 0 Å². The van der Waals surface area contributed by atoms with Crippen molar-refractivity contribution in [2.24, 2.45) is 4.99 Å². The summed E-state index contributed by atoms with van der Waals surface area (Å²) in [7, 11) is 0. The minimum absolute atomic E-state index is 0.997. The van der Waals surface area contributed by atoms with Crippen LogP contribution < -0.4 is 0 Å². The fourth-order valence-electron chi connectivity index (χ4n) is 5.83. The molecule has 168 valence electrons. The number of nitrogens with zero attached hydrogens (tertiary/aromatic N) is 1. The van der Waals surface area contributed by atoms with Crippen LogP contribution in [0.1, 0.15) is 62.7 Å². The Balaban J connectivity index is 1.54. The number of fused-ring (bicyclic) bond motifs is 4. The molecule has 6 rings (SSSR count). The molecule has 0 spiro atoms. The van der Waals surface area contributed by atoms with E-state index >= 15 is 0 Å². The summed E-state index contributed by atoms with van der Waals surface area (Å²) in [5.74, 6) is 0. The molecular weight excluding hydrogens is 480 g/mol. The molecule has 0 saturated heterocycles. The van der Waals surface area contributed by atoms with Gasteiger partial charge in [-0.15, -0.1) is 0 Å². The maximum atomic E-state index is 5.25. The second-order valence-corrected chi connectivity index (χ2v) is 10.4. The maximum absolute atomic E-state index is 5.25. The fraction of sp³-hybridized carbons (Fsp3) is 0.194. The third kappa shape index (κ3) is 3.25. The molecule has 34 heavy (non-hydrogen) atoms. The average molecular weight is 507 g/mol. The van der Waals surface area contributed by atoms with Gasteiger partial charge >= 0.3 is 0 Å². The van der Waals surface area contributed by atoms with Gasteiger partial charge in [-0.25, -0.2) is 4.99 Å². The summed E-state index contributed by atoms with van der Waals surface area (Å²) in [6, 6.07) is 19.8. The highest BCUT2D eigenvalue weighted by atomic mass is 79.9. The van der Waals surface area contributed by atoms with Gasteiger partial charge in [-0.2, -0.15) is 0 Å². The van der Waals surface area contributed by atoms with Gasteiger partial charge < -0.3 is 4.98 Å². The smallest absolute Gasteiger partial charge is 0.0793 e. The van der Waals surface area contributed by atoms with Gasteiger partial charge in [0.05, 0.1) is 11.4 Å². The number of hydrogen-bond donors (Lipinski definition) is 1. The van der Waals surface area contributed by atoms with Crippen molar-refractivity contribution in [1.82, 2.24) is 4.98 Å². The lowest BCUT2D eigenvalue weighted by Crippen LogP contribution is -2.06. The molecule has 3 heteroatoms. The van der Waals surface area contributed by atoms with Crippen molar-refractivity contribution < 1.29 is 0 Å². The first-order valence-electron chi connectivity index (χ1n) is 12.0. The number of aromatic amines is 1. The van der Waals surface area contributed by atoms with Crippen molar-refractivity contribution in [3.8, 4) is 11.3 Å². The molecule has 0 unspecified atom stereocenters. The molecule has 4 aromatic rings. The van der Waals surface area contributed by atoms with Crippen LogP contribution in [0.15, 0.2) is 64.1 Å². The zero-order valence-electron chi connectivity index (χ0n) is 20.0. The molecule has 0 atom stereocenters. The SMILES string of the molecule is CCc1c(/C=C2\N=C(c3c(C)cc(C)cc3C)c3ccc(Br)cc32)[nH]c2c1Cc1ccccc1-2. The Hall–Kier alpha value is -3.17. The van der Waals surface area contributed by atoms with Gasteiger partial charge in [0.1, 0.15) is 0 Å². The Kier molecular flexibility index (Phi) is 5.00. The van der Waals surface area contributed by atoms with E-state index in [9.17, 15) is 0 Å². The van der Waals surface area contributed by atoms with Crippen LogP contribution in [0, 0.1) is 20.8 Å². The first-order chi connectivity index (χ1) is 16.4. The highest BCUT2D eigenvalue weighted by Crippen LogP contribution is 2.42.